The van der Waals surface area contributed by atoms with Crippen LogP contribution in [-0.4, -0.2) is 36.2 Å². The van der Waals surface area contributed by atoms with E-state index in [1.807, 2.05) is 36.4 Å². The van der Waals surface area contributed by atoms with Crippen molar-refractivity contribution in [2.45, 2.75) is 32.8 Å². The normalized spacial score (nSPS) is 10.1. The van der Waals surface area contributed by atoms with Crippen molar-refractivity contribution in [2.24, 2.45) is 0 Å². The van der Waals surface area contributed by atoms with Gasteiger partial charge in [-0.05, 0) is 32.9 Å². The molecule has 0 radical (unpaired) electrons. The molecule has 1 aromatic carbocycles. The van der Waals surface area contributed by atoms with Gasteiger partial charge in [0.05, 0.1) is 5.69 Å². The Morgan fingerprint density at radius 2 is 1.63 bits per heavy atom. The van der Waals surface area contributed by atoms with Crippen molar-refractivity contribution in [3.8, 4) is 0 Å². The molecule has 1 aromatic heterocycles. The molecule has 7 nitrogen and oxygen atoms in total. The number of carbonyl (C=O) groups is 2. The molecule has 0 saturated heterocycles. The maximum Gasteiger partial charge on any atom is 0.407 e. The smallest absolute Gasteiger partial charge is 0.407 e. The first kappa shape index (κ1) is 22.0. The van der Waals surface area contributed by atoms with E-state index in [-0.39, 0.29) is 18.9 Å². The summed E-state index contributed by atoms with van der Waals surface area (Å²) in [6, 6.07) is 15.5. The number of carbonyl (C=O) groups excluding carboxylic acids is 2. The molecule has 0 aliphatic carbocycles. The average molecular weight is 372 g/mol. The lowest BCUT2D eigenvalue weighted by Gasteiger charge is -2.19. The number of ether oxygens (including phenoxy) is 1. The van der Waals surface area contributed by atoms with Gasteiger partial charge < -0.3 is 20.7 Å². The number of hydrogen-bond acceptors (Lipinski definition) is 5. The molecular formula is C20H28N4O3. The van der Waals surface area contributed by atoms with Gasteiger partial charge in [0, 0.05) is 26.2 Å². The Bertz CT molecular complexity index is 673. The standard InChI is InChI=1S/C14H22N4O3.C6H6/c1-14(2,3)21-13(20)17-9-7-11(19)18-10-6-5-8-16-12(10)15-4;1-2-4-6-5-3-1/h5-6,8H,7,9H2,1-4H3,(H,15,16)(H,17,20)(H,18,19);1-6H. The molecule has 0 atom stereocenters. The van der Waals surface area contributed by atoms with Gasteiger partial charge in [-0.25, -0.2) is 9.78 Å². The fraction of sp³-hybridized carbons (Fsp3) is 0.350. The van der Waals surface area contributed by atoms with E-state index in [2.05, 4.69) is 20.9 Å². The van der Waals surface area contributed by atoms with Gasteiger partial charge in [0.15, 0.2) is 0 Å². The molecule has 0 bridgehead atoms. The molecule has 7 heteroatoms. The Labute approximate surface area is 160 Å². The Morgan fingerprint density at radius 1 is 1.04 bits per heavy atom. The van der Waals surface area contributed by atoms with Crippen LogP contribution in [0.3, 0.4) is 0 Å². The van der Waals surface area contributed by atoms with Gasteiger partial charge in [-0.2, -0.15) is 0 Å². The van der Waals surface area contributed by atoms with Crippen LogP contribution in [0, 0.1) is 0 Å². The molecule has 2 aromatic rings. The fourth-order valence-electron chi connectivity index (χ4n) is 1.90. The minimum Gasteiger partial charge on any atom is -0.444 e. The van der Waals surface area contributed by atoms with Crippen LogP contribution in [0.15, 0.2) is 54.7 Å². The molecule has 0 fully saturated rings. The van der Waals surface area contributed by atoms with Crippen molar-refractivity contribution in [1.29, 1.82) is 0 Å². The summed E-state index contributed by atoms with van der Waals surface area (Å²) >= 11 is 0. The van der Waals surface area contributed by atoms with Gasteiger partial charge in [-0.3, -0.25) is 4.79 Å². The van der Waals surface area contributed by atoms with E-state index in [9.17, 15) is 9.59 Å². The van der Waals surface area contributed by atoms with Crippen molar-refractivity contribution in [3.05, 3.63) is 54.7 Å². The lowest BCUT2D eigenvalue weighted by Crippen LogP contribution is -2.34. The van der Waals surface area contributed by atoms with Crippen molar-refractivity contribution in [1.82, 2.24) is 10.3 Å². The number of rotatable bonds is 5. The highest BCUT2D eigenvalue weighted by molar-refractivity contribution is 5.93. The summed E-state index contributed by atoms with van der Waals surface area (Å²) in [5.41, 5.74) is 0.0475. The molecule has 27 heavy (non-hydrogen) atoms. The minimum atomic E-state index is -0.552. The fourth-order valence-corrected chi connectivity index (χ4v) is 1.90. The third kappa shape index (κ3) is 10.5. The maximum atomic E-state index is 11.8. The Morgan fingerprint density at radius 3 is 2.15 bits per heavy atom. The molecule has 0 aliphatic heterocycles. The number of aromatic nitrogens is 1. The predicted octanol–water partition coefficient (Wildman–Crippen LogP) is 3.66. The van der Waals surface area contributed by atoms with Crippen molar-refractivity contribution >= 4 is 23.5 Å². The van der Waals surface area contributed by atoms with Gasteiger partial charge >= 0.3 is 6.09 Å². The average Bonchev–Trinajstić information content (AvgIpc) is 2.62. The van der Waals surface area contributed by atoms with Crippen molar-refractivity contribution in [2.75, 3.05) is 24.2 Å². The van der Waals surface area contributed by atoms with Gasteiger partial charge in [-0.15, -0.1) is 0 Å². The van der Waals surface area contributed by atoms with E-state index in [4.69, 9.17) is 4.74 Å². The number of anilines is 2. The second-order valence-corrected chi connectivity index (χ2v) is 6.53. The topological polar surface area (TPSA) is 92.4 Å². The highest BCUT2D eigenvalue weighted by atomic mass is 16.6. The van der Waals surface area contributed by atoms with Crippen molar-refractivity contribution in [3.63, 3.8) is 0 Å². The molecular weight excluding hydrogens is 344 g/mol. The Hall–Kier alpha value is -3.09. The van der Waals surface area contributed by atoms with Crippen LogP contribution < -0.4 is 16.0 Å². The lowest BCUT2D eigenvalue weighted by atomic mass is 10.2. The Balaban J connectivity index is 0.000000511. The molecule has 3 N–H and O–H groups in total. The van der Waals surface area contributed by atoms with Crippen LogP contribution in [0.5, 0.6) is 0 Å². The van der Waals surface area contributed by atoms with Gasteiger partial charge in [0.2, 0.25) is 5.91 Å². The summed E-state index contributed by atoms with van der Waals surface area (Å²) in [7, 11) is 1.72. The molecule has 2 amide bonds. The van der Waals surface area contributed by atoms with Crippen LogP contribution in [0.4, 0.5) is 16.3 Å². The zero-order valence-corrected chi connectivity index (χ0v) is 16.3. The maximum absolute atomic E-state index is 11.8. The molecule has 0 unspecified atom stereocenters. The van der Waals surface area contributed by atoms with E-state index in [0.717, 1.165) is 0 Å². The molecule has 146 valence electrons. The molecule has 1 heterocycles. The van der Waals surface area contributed by atoms with Crippen LogP contribution >= 0.6 is 0 Å². The zero-order valence-electron chi connectivity index (χ0n) is 16.3. The second kappa shape index (κ2) is 11.5. The highest BCUT2D eigenvalue weighted by Gasteiger charge is 2.16. The summed E-state index contributed by atoms with van der Waals surface area (Å²) in [4.78, 5) is 27.3. The number of nitrogens with zero attached hydrogens (tertiary/aromatic N) is 1. The first-order chi connectivity index (χ1) is 12.8. The SMILES string of the molecule is CNc1ncccc1NC(=O)CCNC(=O)OC(C)(C)C.c1ccccc1. The monoisotopic (exact) mass is 372 g/mol. The highest BCUT2D eigenvalue weighted by Crippen LogP contribution is 2.16. The van der Waals surface area contributed by atoms with E-state index in [1.165, 1.54) is 0 Å². The summed E-state index contributed by atoms with van der Waals surface area (Å²) in [6.07, 6.45) is 1.25. The molecule has 0 aliphatic rings. The van der Waals surface area contributed by atoms with E-state index >= 15 is 0 Å². The number of nitrogens with one attached hydrogen (secondary N) is 3. The van der Waals surface area contributed by atoms with Crippen LogP contribution in [0.2, 0.25) is 0 Å². The number of alkyl carbamates (subject to hydrolysis) is 1. The third-order valence-electron chi connectivity index (χ3n) is 3.01. The summed E-state index contributed by atoms with van der Waals surface area (Å²) in [5.74, 6) is 0.376. The second-order valence-electron chi connectivity index (χ2n) is 6.53. The van der Waals surface area contributed by atoms with Crippen molar-refractivity contribution < 1.29 is 14.3 Å². The number of hydrogen-bond donors (Lipinski definition) is 3. The zero-order chi connectivity index (χ0) is 20.1. The Kier molecular flexibility index (Phi) is 9.36. The number of benzene rings is 1. The van der Waals surface area contributed by atoms with Crippen LogP contribution in [-0.2, 0) is 9.53 Å². The minimum absolute atomic E-state index is 0.150. The van der Waals surface area contributed by atoms with Gasteiger partial charge in [0.25, 0.3) is 0 Å². The van der Waals surface area contributed by atoms with Crippen LogP contribution in [0.25, 0.3) is 0 Å². The predicted molar refractivity (Wildman–Crippen MR) is 108 cm³/mol. The third-order valence-corrected chi connectivity index (χ3v) is 3.01. The lowest BCUT2D eigenvalue weighted by molar-refractivity contribution is -0.116. The van der Waals surface area contributed by atoms with Gasteiger partial charge in [-0.1, -0.05) is 36.4 Å². The van der Waals surface area contributed by atoms with E-state index in [0.29, 0.717) is 11.5 Å². The summed E-state index contributed by atoms with van der Waals surface area (Å²) < 4.78 is 5.07. The molecule has 0 spiro atoms. The summed E-state index contributed by atoms with van der Waals surface area (Å²) in [5, 5.41) is 8.14. The van der Waals surface area contributed by atoms with E-state index in [1.54, 1.807) is 46.1 Å². The number of amides is 2. The first-order valence-corrected chi connectivity index (χ1v) is 8.71. The molecule has 2 rings (SSSR count). The van der Waals surface area contributed by atoms with Gasteiger partial charge in [0.1, 0.15) is 11.4 Å². The van der Waals surface area contributed by atoms with Crippen LogP contribution in [0.1, 0.15) is 27.2 Å². The first-order valence-electron chi connectivity index (χ1n) is 8.71. The summed E-state index contributed by atoms with van der Waals surface area (Å²) in [6.45, 7) is 5.54. The quantitative estimate of drug-likeness (QED) is 0.745. The largest absolute Gasteiger partial charge is 0.444 e. The van der Waals surface area contributed by atoms with E-state index < -0.39 is 11.7 Å². The number of pyridine rings is 1. The molecule has 0 saturated carbocycles.